The summed E-state index contributed by atoms with van der Waals surface area (Å²) in [5.41, 5.74) is 1.29. The Labute approximate surface area is 215 Å². The molecular weight excluding hydrogens is 473 g/mol. The molecule has 0 aliphatic rings. The SMILES string of the molecule is CCCCCCc1ccccc1S(=O)(=O)[O-].CCCCCCc1ccccc1S(=O)(=O)[O-].[Mg+2]. The molecule has 9 heteroatoms. The third kappa shape index (κ3) is 12.9. The molecule has 2 aromatic rings. The van der Waals surface area contributed by atoms with Crippen LogP contribution >= 0.6 is 0 Å². The number of unbranched alkanes of at least 4 members (excludes halogenated alkanes) is 6. The van der Waals surface area contributed by atoms with Gasteiger partial charge in [0.05, 0.1) is 9.79 Å². The van der Waals surface area contributed by atoms with Crippen molar-refractivity contribution >= 4 is 43.3 Å². The van der Waals surface area contributed by atoms with Crippen molar-refractivity contribution in [1.82, 2.24) is 0 Å². The summed E-state index contributed by atoms with van der Waals surface area (Å²) in [6.07, 6.45) is 9.91. The molecule has 0 N–H and O–H groups in total. The summed E-state index contributed by atoms with van der Waals surface area (Å²) in [5.74, 6) is 0. The van der Waals surface area contributed by atoms with Crippen LogP contribution < -0.4 is 0 Å². The molecular formula is C24H34MgO6S2. The average molecular weight is 507 g/mol. The first-order chi connectivity index (χ1) is 15.1. The molecule has 0 radical (unpaired) electrons. The van der Waals surface area contributed by atoms with Crippen molar-refractivity contribution in [3.8, 4) is 0 Å². The summed E-state index contributed by atoms with van der Waals surface area (Å²) in [6, 6.07) is 12.9. The van der Waals surface area contributed by atoms with Crippen LogP contribution in [0, 0.1) is 0 Å². The molecule has 33 heavy (non-hydrogen) atoms. The van der Waals surface area contributed by atoms with Gasteiger partial charge in [0, 0.05) is 0 Å². The minimum absolute atomic E-state index is 0. The van der Waals surface area contributed by atoms with Gasteiger partial charge in [0.25, 0.3) is 0 Å². The second-order valence-corrected chi connectivity index (χ2v) is 10.4. The van der Waals surface area contributed by atoms with Gasteiger partial charge in [0.1, 0.15) is 20.2 Å². The number of hydrogen-bond donors (Lipinski definition) is 0. The molecule has 0 unspecified atom stereocenters. The van der Waals surface area contributed by atoms with E-state index in [1.807, 2.05) is 0 Å². The van der Waals surface area contributed by atoms with Crippen LogP contribution in [0.3, 0.4) is 0 Å². The summed E-state index contributed by atoms with van der Waals surface area (Å²) < 4.78 is 65.9. The molecule has 0 saturated heterocycles. The second kappa shape index (κ2) is 16.6. The summed E-state index contributed by atoms with van der Waals surface area (Å²) in [7, 11) is -8.65. The van der Waals surface area contributed by atoms with E-state index in [4.69, 9.17) is 0 Å². The van der Waals surface area contributed by atoms with Gasteiger partial charge in [-0.2, -0.15) is 0 Å². The number of hydrogen-bond acceptors (Lipinski definition) is 6. The second-order valence-electron chi connectivity index (χ2n) is 7.75. The summed E-state index contributed by atoms with van der Waals surface area (Å²) >= 11 is 0. The third-order valence-electron chi connectivity index (χ3n) is 5.08. The Hall–Kier alpha value is -0.974. The fourth-order valence-electron chi connectivity index (χ4n) is 3.39. The van der Waals surface area contributed by atoms with Crippen LogP contribution in [-0.2, 0) is 33.1 Å². The van der Waals surface area contributed by atoms with Crippen molar-refractivity contribution in [3.05, 3.63) is 59.7 Å². The van der Waals surface area contributed by atoms with Crippen molar-refractivity contribution in [2.75, 3.05) is 0 Å². The normalized spacial score (nSPS) is 11.3. The Balaban J connectivity index is 0.000000602. The predicted octanol–water partition coefficient (Wildman–Crippen LogP) is 5.05. The Bertz CT molecular complexity index is 937. The van der Waals surface area contributed by atoms with Crippen molar-refractivity contribution < 1.29 is 25.9 Å². The van der Waals surface area contributed by atoms with E-state index in [1.165, 1.54) is 12.1 Å². The Kier molecular flexibility index (Phi) is 16.1. The van der Waals surface area contributed by atoms with Gasteiger partial charge in [-0.3, -0.25) is 0 Å². The molecule has 0 heterocycles. The van der Waals surface area contributed by atoms with Gasteiger partial charge < -0.3 is 9.11 Å². The molecule has 0 amide bonds. The van der Waals surface area contributed by atoms with Gasteiger partial charge in [-0.1, -0.05) is 88.8 Å². The predicted molar refractivity (Wildman–Crippen MR) is 130 cm³/mol. The molecule has 0 saturated carbocycles. The zero-order valence-electron chi connectivity index (χ0n) is 19.7. The van der Waals surface area contributed by atoms with E-state index >= 15 is 0 Å². The van der Waals surface area contributed by atoms with Gasteiger partial charge >= 0.3 is 23.1 Å². The third-order valence-corrected chi connectivity index (χ3v) is 6.96. The molecule has 0 spiro atoms. The van der Waals surface area contributed by atoms with E-state index in [0.717, 1.165) is 51.4 Å². The fourth-order valence-corrected chi connectivity index (χ4v) is 4.87. The summed E-state index contributed by atoms with van der Waals surface area (Å²) in [6.45, 7) is 4.24. The average Bonchev–Trinajstić information content (AvgIpc) is 2.74. The van der Waals surface area contributed by atoms with Gasteiger partial charge in [-0.05, 0) is 48.9 Å². The van der Waals surface area contributed by atoms with Crippen molar-refractivity contribution in [1.29, 1.82) is 0 Å². The molecule has 0 aromatic heterocycles. The molecule has 0 aliphatic heterocycles. The zero-order valence-corrected chi connectivity index (χ0v) is 22.7. The van der Waals surface area contributed by atoms with Crippen LogP contribution in [0.2, 0.25) is 0 Å². The van der Waals surface area contributed by atoms with Crippen molar-refractivity contribution in [3.63, 3.8) is 0 Å². The maximum Gasteiger partial charge on any atom is 2.00 e. The number of rotatable bonds is 12. The van der Waals surface area contributed by atoms with Gasteiger partial charge in [0.2, 0.25) is 0 Å². The maximum atomic E-state index is 11.0. The fraction of sp³-hybridized carbons (Fsp3) is 0.500. The van der Waals surface area contributed by atoms with E-state index in [2.05, 4.69) is 13.8 Å². The molecule has 6 nitrogen and oxygen atoms in total. The monoisotopic (exact) mass is 506 g/mol. The van der Waals surface area contributed by atoms with E-state index < -0.39 is 20.2 Å². The van der Waals surface area contributed by atoms with Crippen LogP contribution in [0.25, 0.3) is 0 Å². The van der Waals surface area contributed by atoms with Crippen LogP contribution in [0.5, 0.6) is 0 Å². The molecule has 2 aromatic carbocycles. The molecule has 180 valence electrons. The standard InChI is InChI=1S/2C12H18O3S.Mg/c2*1-2-3-4-5-8-11-9-6-7-10-12(11)16(13,14)15;/h2*6-7,9-10H,2-5,8H2,1H3,(H,13,14,15);/q;;+2/p-2. The van der Waals surface area contributed by atoms with E-state index in [-0.39, 0.29) is 32.8 Å². The van der Waals surface area contributed by atoms with Crippen LogP contribution in [0.4, 0.5) is 0 Å². The smallest absolute Gasteiger partial charge is 0.744 e. The zero-order chi connectivity index (χ0) is 24.0. The van der Waals surface area contributed by atoms with E-state index in [1.54, 1.807) is 36.4 Å². The molecule has 2 rings (SSSR count). The largest absolute Gasteiger partial charge is 2.00 e. The minimum Gasteiger partial charge on any atom is -0.744 e. The molecule has 0 aliphatic carbocycles. The van der Waals surface area contributed by atoms with Crippen LogP contribution in [0.1, 0.15) is 76.3 Å². The topological polar surface area (TPSA) is 114 Å². The molecule has 0 fully saturated rings. The maximum absolute atomic E-state index is 11.0. The van der Waals surface area contributed by atoms with Gasteiger partial charge in [-0.15, -0.1) is 0 Å². The summed E-state index contributed by atoms with van der Waals surface area (Å²) in [5, 5.41) is 0. The number of benzene rings is 2. The van der Waals surface area contributed by atoms with E-state index in [9.17, 15) is 25.9 Å². The summed E-state index contributed by atoms with van der Waals surface area (Å²) in [4.78, 5) is -0.127. The Morgan fingerprint density at radius 2 is 0.909 bits per heavy atom. The molecule has 0 bridgehead atoms. The van der Waals surface area contributed by atoms with Crippen LogP contribution in [0.15, 0.2) is 58.3 Å². The number of aryl methyl sites for hydroxylation is 2. The van der Waals surface area contributed by atoms with Gasteiger partial charge in [0.15, 0.2) is 0 Å². The van der Waals surface area contributed by atoms with Gasteiger partial charge in [-0.25, -0.2) is 16.8 Å². The quantitative estimate of drug-likeness (QED) is 0.226. The van der Waals surface area contributed by atoms with Crippen LogP contribution in [-0.4, -0.2) is 49.0 Å². The first kappa shape index (κ1) is 32.0. The van der Waals surface area contributed by atoms with Crippen molar-refractivity contribution in [2.24, 2.45) is 0 Å². The Morgan fingerprint density at radius 1 is 0.576 bits per heavy atom. The molecule has 0 atom stereocenters. The first-order valence-electron chi connectivity index (χ1n) is 11.2. The minimum atomic E-state index is -4.33. The Morgan fingerprint density at radius 3 is 1.21 bits per heavy atom. The van der Waals surface area contributed by atoms with E-state index in [0.29, 0.717) is 24.0 Å². The first-order valence-corrected chi connectivity index (χ1v) is 14.0. The van der Waals surface area contributed by atoms with Crippen molar-refractivity contribution in [2.45, 2.75) is 87.8 Å².